The number of nitrogens with two attached hydrogens (primary N) is 2. The summed E-state index contributed by atoms with van der Waals surface area (Å²) in [6, 6.07) is 17.5. The molecule has 0 saturated carbocycles. The Labute approximate surface area is 178 Å². The summed E-state index contributed by atoms with van der Waals surface area (Å²) in [4.78, 5) is 17.6. The standard InChI is InChI=1S/C9H13N.C6H8N2.C5H5N.C3H6N2O/c1-7(2)8-4-3-5-9(10)6-8;7-5-6-1-3-8-4-2-6;1-2-4-6-5-3-1;6-3-4-1-2-5-3/h3-7H,10H2,1-2H3;1-4H,5,7H2;1-5H;1-2H2,(H2,4,5,6). The predicted molar refractivity (Wildman–Crippen MR) is 123 cm³/mol. The molecule has 7 heteroatoms. The lowest BCUT2D eigenvalue weighted by molar-refractivity contribution is 0.248. The highest BCUT2D eigenvalue weighted by Gasteiger charge is 2.03. The number of nitrogens with one attached hydrogen (secondary N) is 2. The number of hydrogen-bond donors (Lipinski definition) is 4. The lowest BCUT2D eigenvalue weighted by atomic mass is 10.0. The summed E-state index contributed by atoms with van der Waals surface area (Å²) in [5.41, 5.74) is 14.2. The van der Waals surface area contributed by atoms with E-state index in [4.69, 9.17) is 11.5 Å². The number of pyridine rings is 2. The highest BCUT2D eigenvalue weighted by Crippen LogP contribution is 2.15. The number of aromatic nitrogens is 2. The number of carbonyl (C=O) groups excluding carboxylic acids is 1. The Morgan fingerprint density at radius 2 is 1.50 bits per heavy atom. The van der Waals surface area contributed by atoms with Crippen molar-refractivity contribution < 1.29 is 4.79 Å². The summed E-state index contributed by atoms with van der Waals surface area (Å²) in [7, 11) is 0. The predicted octanol–water partition coefficient (Wildman–Crippen LogP) is 3.31. The number of amides is 2. The van der Waals surface area contributed by atoms with E-state index < -0.39 is 0 Å². The lowest BCUT2D eigenvalue weighted by Crippen LogP contribution is -2.20. The summed E-state index contributed by atoms with van der Waals surface area (Å²) in [5.74, 6) is 0.573. The largest absolute Gasteiger partial charge is 0.399 e. The first-order valence-electron chi connectivity index (χ1n) is 9.84. The smallest absolute Gasteiger partial charge is 0.314 e. The van der Waals surface area contributed by atoms with Crippen LogP contribution in [0, 0.1) is 0 Å². The van der Waals surface area contributed by atoms with Crippen molar-refractivity contribution in [2.45, 2.75) is 26.3 Å². The van der Waals surface area contributed by atoms with E-state index in [-0.39, 0.29) is 6.03 Å². The zero-order valence-corrected chi connectivity index (χ0v) is 17.7. The molecule has 1 fully saturated rings. The van der Waals surface area contributed by atoms with Crippen LogP contribution in [0.2, 0.25) is 0 Å². The number of benzene rings is 1. The number of hydrogen-bond acceptors (Lipinski definition) is 5. The van der Waals surface area contributed by atoms with Gasteiger partial charge >= 0.3 is 6.03 Å². The normalized spacial score (nSPS) is 11.4. The van der Waals surface area contributed by atoms with Crippen LogP contribution in [0.4, 0.5) is 10.5 Å². The summed E-state index contributed by atoms with van der Waals surface area (Å²) in [6.07, 6.45) is 6.98. The molecule has 0 radical (unpaired) electrons. The molecular weight excluding hydrogens is 376 g/mol. The molecule has 0 unspecified atom stereocenters. The van der Waals surface area contributed by atoms with Crippen molar-refractivity contribution in [2.24, 2.45) is 5.73 Å². The average Bonchev–Trinajstić information content (AvgIpc) is 3.28. The van der Waals surface area contributed by atoms with Crippen molar-refractivity contribution in [2.75, 3.05) is 18.8 Å². The zero-order valence-electron chi connectivity index (χ0n) is 17.7. The Kier molecular flexibility index (Phi) is 12.7. The van der Waals surface area contributed by atoms with E-state index in [0.717, 1.165) is 24.3 Å². The molecule has 7 nitrogen and oxygen atoms in total. The van der Waals surface area contributed by atoms with Crippen molar-refractivity contribution in [1.29, 1.82) is 0 Å². The summed E-state index contributed by atoms with van der Waals surface area (Å²) in [6.45, 7) is 6.48. The minimum absolute atomic E-state index is 0.0463. The van der Waals surface area contributed by atoms with Crippen LogP contribution in [-0.2, 0) is 6.54 Å². The van der Waals surface area contributed by atoms with Crippen LogP contribution in [0.3, 0.4) is 0 Å². The van der Waals surface area contributed by atoms with Crippen molar-refractivity contribution in [3.8, 4) is 0 Å². The van der Waals surface area contributed by atoms with E-state index in [1.54, 1.807) is 24.8 Å². The quantitative estimate of drug-likeness (QED) is 0.485. The number of nitrogen functional groups attached to an aromatic ring is 1. The second kappa shape index (κ2) is 15.5. The number of anilines is 1. The minimum atomic E-state index is -0.0463. The van der Waals surface area contributed by atoms with Crippen LogP contribution in [-0.4, -0.2) is 29.1 Å². The van der Waals surface area contributed by atoms with E-state index in [1.807, 2.05) is 48.5 Å². The molecule has 1 aliphatic rings. The van der Waals surface area contributed by atoms with Gasteiger partial charge in [-0.1, -0.05) is 32.0 Å². The SMILES string of the molecule is CC(C)c1cccc(N)c1.NCc1ccncc1.O=C1NCCN1.c1ccncc1. The maximum absolute atomic E-state index is 10.0. The molecule has 3 aromatic rings. The molecule has 1 aromatic carbocycles. The summed E-state index contributed by atoms with van der Waals surface area (Å²) >= 11 is 0. The molecule has 1 aliphatic heterocycles. The first-order valence-corrected chi connectivity index (χ1v) is 9.84. The second-order valence-electron chi connectivity index (χ2n) is 6.59. The third-order valence-electron chi connectivity index (χ3n) is 3.83. The fourth-order valence-corrected chi connectivity index (χ4v) is 2.16. The summed E-state index contributed by atoms with van der Waals surface area (Å²) in [5, 5.41) is 5.14. The maximum Gasteiger partial charge on any atom is 0.314 e. The van der Waals surface area contributed by atoms with Crippen LogP contribution in [0.25, 0.3) is 0 Å². The highest BCUT2D eigenvalue weighted by molar-refractivity contribution is 5.75. The van der Waals surface area contributed by atoms with Gasteiger partial charge < -0.3 is 22.1 Å². The molecule has 30 heavy (non-hydrogen) atoms. The van der Waals surface area contributed by atoms with Gasteiger partial charge in [-0.25, -0.2) is 4.79 Å². The number of carbonyl (C=O) groups is 1. The van der Waals surface area contributed by atoms with Gasteiger partial charge in [0.05, 0.1) is 0 Å². The molecule has 2 amide bonds. The van der Waals surface area contributed by atoms with Gasteiger partial charge in [0.1, 0.15) is 0 Å². The van der Waals surface area contributed by atoms with Crippen LogP contribution < -0.4 is 22.1 Å². The molecule has 6 N–H and O–H groups in total. The van der Waals surface area contributed by atoms with Gasteiger partial charge in [0.15, 0.2) is 0 Å². The number of nitrogens with zero attached hydrogens (tertiary/aromatic N) is 2. The fraction of sp³-hybridized carbons (Fsp3) is 0.261. The molecule has 3 heterocycles. The Hall–Kier alpha value is -3.45. The molecule has 160 valence electrons. The Morgan fingerprint density at radius 3 is 1.80 bits per heavy atom. The van der Waals surface area contributed by atoms with Crippen LogP contribution in [0.15, 0.2) is 79.4 Å². The first-order chi connectivity index (χ1) is 14.5. The highest BCUT2D eigenvalue weighted by atomic mass is 16.2. The first kappa shape index (κ1) is 24.6. The van der Waals surface area contributed by atoms with E-state index >= 15 is 0 Å². The van der Waals surface area contributed by atoms with Gasteiger partial charge in [0.2, 0.25) is 0 Å². The van der Waals surface area contributed by atoms with Crippen molar-refractivity contribution >= 4 is 11.7 Å². The van der Waals surface area contributed by atoms with Crippen molar-refractivity contribution in [3.63, 3.8) is 0 Å². The van der Waals surface area contributed by atoms with Gasteiger partial charge in [-0.2, -0.15) is 0 Å². The van der Waals surface area contributed by atoms with Gasteiger partial charge in [-0.05, 0) is 53.4 Å². The summed E-state index contributed by atoms with van der Waals surface area (Å²) < 4.78 is 0. The number of rotatable bonds is 2. The second-order valence-corrected chi connectivity index (χ2v) is 6.59. The van der Waals surface area contributed by atoms with E-state index in [0.29, 0.717) is 12.5 Å². The molecule has 4 rings (SSSR count). The Morgan fingerprint density at radius 1 is 0.900 bits per heavy atom. The molecule has 0 atom stereocenters. The molecule has 0 bridgehead atoms. The fourth-order valence-electron chi connectivity index (χ4n) is 2.16. The molecule has 2 aromatic heterocycles. The Balaban J connectivity index is 0.000000205. The van der Waals surface area contributed by atoms with Crippen molar-refractivity contribution in [3.05, 3.63) is 90.5 Å². The van der Waals surface area contributed by atoms with Gasteiger partial charge in [0, 0.05) is 50.1 Å². The van der Waals surface area contributed by atoms with Crippen LogP contribution in [0.5, 0.6) is 0 Å². The average molecular weight is 409 g/mol. The number of urea groups is 1. The topological polar surface area (TPSA) is 119 Å². The maximum atomic E-state index is 10.0. The lowest BCUT2D eigenvalue weighted by Gasteiger charge is -2.04. The van der Waals surface area contributed by atoms with Gasteiger partial charge in [-0.3, -0.25) is 9.97 Å². The Bertz CT molecular complexity index is 777. The third-order valence-corrected chi connectivity index (χ3v) is 3.83. The van der Waals surface area contributed by atoms with E-state index in [2.05, 4.69) is 40.5 Å². The van der Waals surface area contributed by atoms with Crippen LogP contribution >= 0.6 is 0 Å². The molecule has 0 spiro atoms. The van der Waals surface area contributed by atoms with Gasteiger partial charge in [0.25, 0.3) is 0 Å². The monoisotopic (exact) mass is 408 g/mol. The minimum Gasteiger partial charge on any atom is -0.399 e. The van der Waals surface area contributed by atoms with E-state index in [1.165, 1.54) is 5.56 Å². The van der Waals surface area contributed by atoms with Gasteiger partial charge in [-0.15, -0.1) is 0 Å². The third kappa shape index (κ3) is 12.1. The van der Waals surface area contributed by atoms with E-state index in [9.17, 15) is 4.79 Å². The molecule has 1 saturated heterocycles. The van der Waals surface area contributed by atoms with Crippen molar-refractivity contribution in [1.82, 2.24) is 20.6 Å². The molecule has 0 aliphatic carbocycles. The van der Waals surface area contributed by atoms with Crippen LogP contribution in [0.1, 0.15) is 30.9 Å². The zero-order chi connectivity index (χ0) is 22.0. The molecular formula is C23H32N6O.